The highest BCUT2D eigenvalue weighted by molar-refractivity contribution is 5.66. The zero-order valence-electron chi connectivity index (χ0n) is 13.6. The van der Waals surface area contributed by atoms with E-state index >= 15 is 0 Å². The third kappa shape index (κ3) is 3.40. The van der Waals surface area contributed by atoms with Crippen LogP contribution in [0.4, 0.5) is 5.69 Å². The highest BCUT2D eigenvalue weighted by atomic mass is 16.5. The molecule has 0 fully saturated rings. The van der Waals surface area contributed by atoms with Crippen molar-refractivity contribution in [3.63, 3.8) is 0 Å². The first-order chi connectivity index (χ1) is 10.4. The van der Waals surface area contributed by atoms with Crippen LogP contribution in [0.5, 0.6) is 0 Å². The highest BCUT2D eigenvalue weighted by Gasteiger charge is 2.36. The van der Waals surface area contributed by atoms with Gasteiger partial charge in [-0.1, -0.05) is 13.8 Å². The van der Waals surface area contributed by atoms with Crippen LogP contribution < -0.4 is 10.6 Å². The Bertz CT molecular complexity index is 604. The molecule has 5 nitrogen and oxygen atoms in total. The van der Waals surface area contributed by atoms with E-state index in [0.29, 0.717) is 12.2 Å². The van der Waals surface area contributed by atoms with Crippen molar-refractivity contribution in [2.24, 2.45) is 5.41 Å². The van der Waals surface area contributed by atoms with Gasteiger partial charge in [-0.3, -0.25) is 4.79 Å². The van der Waals surface area contributed by atoms with Crippen molar-refractivity contribution in [1.29, 1.82) is 5.26 Å². The summed E-state index contributed by atoms with van der Waals surface area (Å²) in [5.74, 6) is -0.256. The fraction of sp³-hybridized carbons (Fsp3) is 0.529. The number of nitrogens with one attached hydrogen (secondary N) is 2. The van der Waals surface area contributed by atoms with Gasteiger partial charge in [0, 0.05) is 30.1 Å². The van der Waals surface area contributed by atoms with Crippen LogP contribution >= 0.6 is 0 Å². The van der Waals surface area contributed by atoms with E-state index in [-0.39, 0.29) is 23.5 Å². The molecule has 22 heavy (non-hydrogen) atoms. The number of hydrogen-bond acceptors (Lipinski definition) is 5. The molecule has 2 unspecified atom stereocenters. The van der Waals surface area contributed by atoms with E-state index in [9.17, 15) is 4.79 Å². The second-order valence-corrected chi connectivity index (χ2v) is 6.46. The third-order valence-corrected chi connectivity index (χ3v) is 4.30. The monoisotopic (exact) mass is 301 g/mol. The van der Waals surface area contributed by atoms with E-state index in [1.165, 1.54) is 6.92 Å². The standard InChI is InChI=1S/C17H23N3O2/c1-11(21)22-10-17(2,3)16-8-15(19-4)13-7-12(9-18)5-6-14(13)20-16/h5-7,15-16,19-20H,8,10H2,1-4H3. The Balaban J connectivity index is 2.25. The first-order valence-electron chi connectivity index (χ1n) is 7.48. The lowest BCUT2D eigenvalue weighted by atomic mass is 9.77. The third-order valence-electron chi connectivity index (χ3n) is 4.30. The van der Waals surface area contributed by atoms with Gasteiger partial charge in [-0.05, 0) is 37.2 Å². The predicted molar refractivity (Wildman–Crippen MR) is 85.4 cm³/mol. The summed E-state index contributed by atoms with van der Waals surface area (Å²) in [5.41, 5.74) is 2.62. The van der Waals surface area contributed by atoms with Crippen LogP contribution in [0.1, 0.15) is 44.4 Å². The first kappa shape index (κ1) is 16.3. The first-order valence-corrected chi connectivity index (χ1v) is 7.48. The summed E-state index contributed by atoms with van der Waals surface area (Å²) in [6.45, 7) is 5.99. The average Bonchev–Trinajstić information content (AvgIpc) is 2.51. The number of carbonyl (C=O) groups is 1. The molecule has 118 valence electrons. The van der Waals surface area contributed by atoms with Gasteiger partial charge in [0.05, 0.1) is 18.2 Å². The topological polar surface area (TPSA) is 74.2 Å². The van der Waals surface area contributed by atoms with E-state index in [1.807, 2.05) is 25.2 Å². The molecule has 0 bridgehead atoms. The second kappa shape index (κ2) is 6.37. The molecule has 2 atom stereocenters. The SMILES string of the molecule is CNC1CC(C(C)(C)COC(C)=O)Nc2ccc(C#N)cc21. The molecule has 0 aromatic heterocycles. The number of esters is 1. The number of anilines is 1. The molecule has 0 saturated heterocycles. The van der Waals surface area contributed by atoms with Crippen molar-refractivity contribution in [3.8, 4) is 6.07 Å². The highest BCUT2D eigenvalue weighted by Crippen LogP contribution is 2.39. The van der Waals surface area contributed by atoms with E-state index in [4.69, 9.17) is 10.00 Å². The lowest BCUT2D eigenvalue weighted by molar-refractivity contribution is -0.144. The zero-order chi connectivity index (χ0) is 16.3. The fourth-order valence-corrected chi connectivity index (χ4v) is 2.84. The number of carbonyl (C=O) groups excluding carboxylic acids is 1. The van der Waals surface area contributed by atoms with Gasteiger partial charge in [0.1, 0.15) is 0 Å². The summed E-state index contributed by atoms with van der Waals surface area (Å²) < 4.78 is 5.21. The summed E-state index contributed by atoms with van der Waals surface area (Å²) in [6, 6.07) is 8.23. The van der Waals surface area contributed by atoms with Crippen molar-refractivity contribution in [2.45, 2.75) is 39.3 Å². The van der Waals surface area contributed by atoms with E-state index < -0.39 is 0 Å². The molecule has 5 heteroatoms. The largest absolute Gasteiger partial charge is 0.465 e. The second-order valence-electron chi connectivity index (χ2n) is 6.46. The molecule has 2 rings (SSSR count). The van der Waals surface area contributed by atoms with Gasteiger partial charge in [-0.25, -0.2) is 0 Å². The van der Waals surface area contributed by atoms with Gasteiger partial charge in [0.15, 0.2) is 0 Å². The number of nitrogens with zero attached hydrogens (tertiary/aromatic N) is 1. The Morgan fingerprint density at radius 1 is 1.55 bits per heavy atom. The number of fused-ring (bicyclic) bond motifs is 1. The maximum atomic E-state index is 11.1. The summed E-state index contributed by atoms with van der Waals surface area (Å²) in [7, 11) is 1.93. The predicted octanol–water partition coefficient (Wildman–Crippen LogP) is 2.59. The lowest BCUT2D eigenvalue weighted by Gasteiger charge is -2.41. The quantitative estimate of drug-likeness (QED) is 0.836. The normalized spacial score (nSPS) is 20.5. The summed E-state index contributed by atoms with van der Waals surface area (Å²) in [6.07, 6.45) is 0.868. The average molecular weight is 301 g/mol. The molecule has 0 amide bonds. The number of hydrogen-bond donors (Lipinski definition) is 2. The van der Waals surface area contributed by atoms with Crippen LogP contribution in [-0.4, -0.2) is 25.7 Å². The Hall–Kier alpha value is -2.06. The van der Waals surface area contributed by atoms with Gasteiger partial charge in [0.2, 0.25) is 0 Å². The van der Waals surface area contributed by atoms with Crippen LogP contribution in [0.3, 0.4) is 0 Å². The zero-order valence-corrected chi connectivity index (χ0v) is 13.6. The van der Waals surface area contributed by atoms with Crippen molar-refractivity contribution < 1.29 is 9.53 Å². The maximum absolute atomic E-state index is 11.1. The van der Waals surface area contributed by atoms with Crippen LogP contribution in [0.15, 0.2) is 18.2 Å². The molecule has 1 aromatic rings. The molecule has 0 saturated carbocycles. The van der Waals surface area contributed by atoms with Gasteiger partial charge in [-0.15, -0.1) is 0 Å². The minimum atomic E-state index is -0.256. The van der Waals surface area contributed by atoms with Crippen molar-refractivity contribution >= 4 is 11.7 Å². The molecule has 2 N–H and O–H groups in total. The minimum Gasteiger partial charge on any atom is -0.465 e. The van der Waals surface area contributed by atoms with Gasteiger partial charge < -0.3 is 15.4 Å². The van der Waals surface area contributed by atoms with E-state index in [0.717, 1.165) is 17.7 Å². The summed E-state index contributed by atoms with van der Waals surface area (Å²) in [5, 5.41) is 15.9. The summed E-state index contributed by atoms with van der Waals surface area (Å²) >= 11 is 0. The van der Waals surface area contributed by atoms with Gasteiger partial charge in [0.25, 0.3) is 0 Å². The summed E-state index contributed by atoms with van der Waals surface area (Å²) in [4.78, 5) is 11.1. The van der Waals surface area contributed by atoms with Crippen LogP contribution in [0.2, 0.25) is 0 Å². The smallest absolute Gasteiger partial charge is 0.302 e. The Kier molecular flexibility index (Phi) is 4.72. The van der Waals surface area contributed by atoms with E-state index in [2.05, 4.69) is 30.6 Å². The van der Waals surface area contributed by atoms with Gasteiger partial charge >= 0.3 is 5.97 Å². The molecular formula is C17H23N3O2. The molecule has 1 aliphatic heterocycles. The van der Waals surface area contributed by atoms with Crippen LogP contribution in [0.25, 0.3) is 0 Å². The molecular weight excluding hydrogens is 278 g/mol. The number of rotatable bonds is 4. The van der Waals surface area contributed by atoms with Crippen LogP contribution in [-0.2, 0) is 9.53 Å². The number of nitriles is 1. The van der Waals surface area contributed by atoms with Crippen molar-refractivity contribution in [1.82, 2.24) is 5.32 Å². The number of ether oxygens (including phenoxy) is 1. The van der Waals surface area contributed by atoms with Gasteiger partial charge in [-0.2, -0.15) is 5.26 Å². The fourth-order valence-electron chi connectivity index (χ4n) is 2.84. The maximum Gasteiger partial charge on any atom is 0.302 e. The minimum absolute atomic E-state index is 0.171. The Labute approximate surface area is 131 Å². The van der Waals surface area contributed by atoms with E-state index in [1.54, 1.807) is 0 Å². The molecule has 1 aromatic carbocycles. The molecule has 1 heterocycles. The Morgan fingerprint density at radius 2 is 2.27 bits per heavy atom. The number of benzene rings is 1. The Morgan fingerprint density at radius 3 is 2.86 bits per heavy atom. The molecule has 1 aliphatic rings. The van der Waals surface area contributed by atoms with Crippen molar-refractivity contribution in [3.05, 3.63) is 29.3 Å². The lowest BCUT2D eigenvalue weighted by Crippen LogP contribution is -2.45. The molecule has 0 radical (unpaired) electrons. The van der Waals surface area contributed by atoms with Crippen LogP contribution in [0, 0.1) is 16.7 Å². The molecule has 0 spiro atoms. The van der Waals surface area contributed by atoms with Crippen molar-refractivity contribution in [2.75, 3.05) is 19.0 Å². The molecule has 0 aliphatic carbocycles.